The number of benzene rings is 3. The minimum Gasteiger partial charge on any atom is -0.308 e. The van der Waals surface area contributed by atoms with E-state index < -0.39 is 11.3 Å². The van der Waals surface area contributed by atoms with Crippen LogP contribution in [0, 0.1) is 0 Å². The first kappa shape index (κ1) is 18.6. The molecule has 0 N–H and O–H groups in total. The van der Waals surface area contributed by atoms with Gasteiger partial charge in [-0.2, -0.15) is 0 Å². The average molecular weight is 381 g/mol. The van der Waals surface area contributed by atoms with Crippen LogP contribution in [0.25, 0.3) is 10.9 Å². The van der Waals surface area contributed by atoms with Crippen molar-refractivity contribution in [3.63, 3.8) is 0 Å². The van der Waals surface area contributed by atoms with Gasteiger partial charge in [0, 0.05) is 28.6 Å². The molecular formula is C25H19NO3. The number of nitrogens with zero attached hydrogens (tertiary/aromatic N) is 1. The van der Waals surface area contributed by atoms with E-state index in [0.29, 0.717) is 28.6 Å². The summed E-state index contributed by atoms with van der Waals surface area (Å²) in [7, 11) is 0. The van der Waals surface area contributed by atoms with E-state index in [2.05, 4.69) is 0 Å². The molecule has 1 aromatic heterocycles. The molecule has 4 aromatic rings. The molecule has 142 valence electrons. The molecule has 0 aliphatic carbocycles. The second-order valence-electron chi connectivity index (χ2n) is 6.71. The fourth-order valence-electron chi connectivity index (χ4n) is 3.63. The van der Waals surface area contributed by atoms with Crippen molar-refractivity contribution >= 4 is 22.5 Å². The highest BCUT2D eigenvalue weighted by Gasteiger charge is 2.27. The van der Waals surface area contributed by atoms with Gasteiger partial charge in [0.15, 0.2) is 11.6 Å². The lowest BCUT2D eigenvalue weighted by Gasteiger charge is -2.16. The molecule has 4 nitrogen and oxygen atoms in total. The highest BCUT2D eigenvalue weighted by atomic mass is 16.2. The Labute approximate surface area is 168 Å². The standard InChI is InChI=1S/C25H19NO3/c1-2-26-20-16-10-9-15-19(20)21(23(27)17-11-5-3-6-12-17)22(25(26)29)24(28)18-13-7-4-8-14-18/h3-16H,2H2,1H3. The predicted molar refractivity (Wildman–Crippen MR) is 114 cm³/mol. The molecule has 0 unspecified atom stereocenters. The van der Waals surface area contributed by atoms with Crippen LogP contribution in [0.15, 0.2) is 89.7 Å². The quantitative estimate of drug-likeness (QED) is 0.479. The summed E-state index contributed by atoms with van der Waals surface area (Å²) in [6, 6.07) is 24.6. The molecular weight excluding hydrogens is 362 g/mol. The van der Waals surface area contributed by atoms with Crippen molar-refractivity contribution in [1.82, 2.24) is 4.57 Å². The summed E-state index contributed by atoms with van der Waals surface area (Å²) in [5.41, 5.74) is 1.10. The lowest BCUT2D eigenvalue weighted by atomic mass is 9.91. The molecule has 0 radical (unpaired) electrons. The van der Waals surface area contributed by atoms with Gasteiger partial charge in [-0.05, 0) is 13.0 Å². The number of fused-ring (bicyclic) bond motifs is 1. The van der Waals surface area contributed by atoms with Crippen LogP contribution in [0.4, 0.5) is 0 Å². The van der Waals surface area contributed by atoms with Crippen molar-refractivity contribution in [3.05, 3.63) is 118 Å². The summed E-state index contributed by atoms with van der Waals surface area (Å²) in [5.74, 6) is -0.774. The molecule has 29 heavy (non-hydrogen) atoms. The molecule has 4 heteroatoms. The second-order valence-corrected chi connectivity index (χ2v) is 6.71. The first-order chi connectivity index (χ1) is 14.1. The van der Waals surface area contributed by atoms with Crippen LogP contribution >= 0.6 is 0 Å². The Morgan fingerprint density at radius 3 is 1.72 bits per heavy atom. The van der Waals surface area contributed by atoms with Gasteiger partial charge in [0.05, 0.1) is 11.1 Å². The fraction of sp³-hybridized carbons (Fsp3) is 0.0800. The topological polar surface area (TPSA) is 56.1 Å². The molecule has 0 aliphatic heterocycles. The number of rotatable bonds is 5. The highest BCUT2D eigenvalue weighted by Crippen LogP contribution is 2.25. The third-order valence-electron chi connectivity index (χ3n) is 5.02. The van der Waals surface area contributed by atoms with Gasteiger partial charge in [-0.25, -0.2) is 0 Å². The Kier molecular flexibility index (Phi) is 4.92. The van der Waals surface area contributed by atoms with Crippen molar-refractivity contribution in [2.45, 2.75) is 13.5 Å². The first-order valence-electron chi connectivity index (χ1n) is 9.48. The molecule has 0 saturated heterocycles. The summed E-state index contributed by atoms with van der Waals surface area (Å²) in [5, 5.41) is 0.599. The van der Waals surface area contributed by atoms with Crippen molar-refractivity contribution in [3.8, 4) is 0 Å². The third kappa shape index (κ3) is 3.19. The number of carbonyl (C=O) groups excluding carboxylic acids is 2. The molecule has 3 aromatic carbocycles. The fourth-order valence-corrected chi connectivity index (χ4v) is 3.63. The van der Waals surface area contributed by atoms with Gasteiger partial charge >= 0.3 is 0 Å². The zero-order valence-corrected chi connectivity index (χ0v) is 16.0. The highest BCUT2D eigenvalue weighted by molar-refractivity contribution is 6.24. The Morgan fingerprint density at radius 2 is 1.17 bits per heavy atom. The van der Waals surface area contributed by atoms with E-state index in [4.69, 9.17) is 0 Å². The van der Waals surface area contributed by atoms with E-state index in [0.717, 1.165) is 0 Å². The van der Waals surface area contributed by atoms with Gasteiger partial charge in [-0.1, -0.05) is 78.9 Å². The number of hydrogen-bond donors (Lipinski definition) is 0. The summed E-state index contributed by atoms with van der Waals surface area (Å²) in [6.45, 7) is 2.25. The number of pyridine rings is 1. The van der Waals surface area contributed by atoms with Gasteiger partial charge in [0.2, 0.25) is 0 Å². The molecule has 0 aliphatic rings. The molecule has 0 atom stereocenters. The maximum Gasteiger partial charge on any atom is 0.263 e. The number of aromatic nitrogens is 1. The van der Waals surface area contributed by atoms with Crippen LogP contribution in [0.2, 0.25) is 0 Å². The molecule has 0 bridgehead atoms. The van der Waals surface area contributed by atoms with Crippen LogP contribution < -0.4 is 5.56 Å². The summed E-state index contributed by atoms with van der Waals surface area (Å²) < 4.78 is 1.55. The Balaban J connectivity index is 2.11. The minimum atomic E-state index is -0.445. The Bertz CT molecular complexity index is 1270. The van der Waals surface area contributed by atoms with E-state index in [-0.39, 0.29) is 16.9 Å². The molecule has 0 amide bonds. The Hall–Kier alpha value is -3.79. The van der Waals surface area contributed by atoms with Gasteiger partial charge in [0.1, 0.15) is 0 Å². The van der Waals surface area contributed by atoms with Gasteiger partial charge < -0.3 is 4.57 Å². The lowest BCUT2D eigenvalue weighted by Crippen LogP contribution is -2.30. The monoisotopic (exact) mass is 381 g/mol. The predicted octanol–water partition coefficient (Wildman–Crippen LogP) is 4.48. The number of aryl methyl sites for hydroxylation is 1. The maximum absolute atomic E-state index is 13.5. The van der Waals surface area contributed by atoms with Gasteiger partial charge in [0.25, 0.3) is 5.56 Å². The number of hydrogen-bond acceptors (Lipinski definition) is 3. The first-order valence-corrected chi connectivity index (χ1v) is 9.48. The van der Waals surface area contributed by atoms with Crippen molar-refractivity contribution < 1.29 is 9.59 Å². The number of para-hydroxylation sites is 1. The second kappa shape index (κ2) is 7.68. The van der Waals surface area contributed by atoms with E-state index in [1.807, 2.05) is 25.1 Å². The summed E-state index contributed by atoms with van der Waals surface area (Å²) >= 11 is 0. The zero-order valence-electron chi connectivity index (χ0n) is 16.0. The van der Waals surface area contributed by atoms with E-state index in [9.17, 15) is 14.4 Å². The number of ketones is 2. The van der Waals surface area contributed by atoms with Gasteiger partial charge in [-0.15, -0.1) is 0 Å². The molecule has 1 heterocycles. The maximum atomic E-state index is 13.5. The largest absolute Gasteiger partial charge is 0.308 e. The van der Waals surface area contributed by atoms with Crippen LogP contribution in [0.1, 0.15) is 38.8 Å². The minimum absolute atomic E-state index is 0.0781. The van der Waals surface area contributed by atoms with Crippen molar-refractivity contribution in [2.75, 3.05) is 0 Å². The average Bonchev–Trinajstić information content (AvgIpc) is 2.78. The van der Waals surface area contributed by atoms with Crippen LogP contribution in [-0.4, -0.2) is 16.1 Å². The smallest absolute Gasteiger partial charge is 0.263 e. The zero-order chi connectivity index (χ0) is 20.4. The molecule has 0 saturated carbocycles. The lowest BCUT2D eigenvalue weighted by molar-refractivity contribution is 0.100. The summed E-state index contributed by atoms with van der Waals surface area (Å²) in [6.07, 6.45) is 0. The summed E-state index contributed by atoms with van der Waals surface area (Å²) in [4.78, 5) is 40.2. The van der Waals surface area contributed by atoms with Crippen LogP contribution in [0.5, 0.6) is 0 Å². The van der Waals surface area contributed by atoms with Crippen molar-refractivity contribution in [1.29, 1.82) is 0 Å². The molecule has 0 spiro atoms. The normalized spacial score (nSPS) is 10.8. The van der Waals surface area contributed by atoms with Crippen LogP contribution in [-0.2, 0) is 6.54 Å². The molecule has 0 fully saturated rings. The Morgan fingerprint density at radius 1 is 0.690 bits per heavy atom. The third-order valence-corrected chi connectivity index (χ3v) is 5.02. The molecule has 4 rings (SSSR count). The van der Waals surface area contributed by atoms with Crippen molar-refractivity contribution in [2.24, 2.45) is 0 Å². The number of carbonyl (C=O) groups is 2. The van der Waals surface area contributed by atoms with E-state index >= 15 is 0 Å². The van der Waals surface area contributed by atoms with Crippen LogP contribution in [0.3, 0.4) is 0 Å². The van der Waals surface area contributed by atoms with Gasteiger partial charge in [-0.3, -0.25) is 14.4 Å². The van der Waals surface area contributed by atoms with E-state index in [1.165, 1.54) is 0 Å². The SMILES string of the molecule is CCn1c(=O)c(C(=O)c2ccccc2)c(C(=O)c2ccccc2)c2ccccc21. The van der Waals surface area contributed by atoms with E-state index in [1.54, 1.807) is 71.3 Å².